The number of amides is 1. The van der Waals surface area contributed by atoms with E-state index in [-0.39, 0.29) is 17.4 Å². The fraction of sp³-hybridized carbons (Fsp3) is 0.684. The minimum atomic E-state index is 0.0521. The maximum atomic E-state index is 12.9. The molecule has 2 atom stereocenters. The van der Waals surface area contributed by atoms with Gasteiger partial charge in [0.1, 0.15) is 6.10 Å². The van der Waals surface area contributed by atoms with Crippen LogP contribution < -0.4 is 9.64 Å². The molecule has 2 aliphatic heterocycles. The molecule has 3 heterocycles. The molecule has 1 saturated carbocycles. The Bertz CT molecular complexity index is 643. The molecule has 0 unspecified atom stereocenters. The zero-order valence-electron chi connectivity index (χ0n) is 15.1. The lowest BCUT2D eigenvalue weighted by molar-refractivity contribution is -0.133. The van der Waals surface area contributed by atoms with E-state index in [0.29, 0.717) is 12.5 Å². The number of pyridine rings is 1. The molecule has 0 aromatic carbocycles. The molecule has 25 heavy (non-hydrogen) atoms. The van der Waals surface area contributed by atoms with E-state index in [0.717, 1.165) is 57.0 Å². The van der Waals surface area contributed by atoms with Crippen LogP contribution in [0.2, 0.25) is 0 Å². The van der Waals surface area contributed by atoms with Crippen LogP contribution in [-0.2, 0) is 9.53 Å². The van der Waals surface area contributed by atoms with Gasteiger partial charge in [-0.1, -0.05) is 0 Å². The van der Waals surface area contributed by atoms with E-state index in [1.807, 2.05) is 36.0 Å². The van der Waals surface area contributed by atoms with E-state index >= 15 is 0 Å². The summed E-state index contributed by atoms with van der Waals surface area (Å²) in [6.07, 6.45) is 5.84. The van der Waals surface area contributed by atoms with Crippen molar-refractivity contribution < 1.29 is 14.3 Å². The Balaban J connectivity index is 1.35. The Morgan fingerprint density at radius 1 is 1.40 bits per heavy atom. The van der Waals surface area contributed by atoms with Gasteiger partial charge in [-0.15, -0.1) is 0 Å². The summed E-state index contributed by atoms with van der Waals surface area (Å²) in [7, 11) is 3.92. The van der Waals surface area contributed by atoms with Gasteiger partial charge in [0.15, 0.2) is 11.6 Å². The molecule has 136 valence electrons. The van der Waals surface area contributed by atoms with Gasteiger partial charge in [-0.05, 0) is 36.8 Å². The van der Waals surface area contributed by atoms with Gasteiger partial charge in [-0.3, -0.25) is 4.79 Å². The van der Waals surface area contributed by atoms with Crippen molar-refractivity contribution in [2.45, 2.75) is 31.8 Å². The lowest BCUT2D eigenvalue weighted by atomic mass is 9.93. The number of hydrogen-bond donors (Lipinski definition) is 0. The van der Waals surface area contributed by atoms with E-state index in [1.165, 1.54) is 0 Å². The van der Waals surface area contributed by atoms with Crippen LogP contribution in [0.1, 0.15) is 25.7 Å². The van der Waals surface area contributed by atoms with Crippen molar-refractivity contribution in [2.24, 2.45) is 11.3 Å². The summed E-state index contributed by atoms with van der Waals surface area (Å²) in [6.45, 7) is 3.10. The van der Waals surface area contributed by atoms with Crippen LogP contribution in [0.25, 0.3) is 0 Å². The highest BCUT2D eigenvalue weighted by Gasteiger charge is 2.59. The molecule has 1 aromatic heterocycles. The molecule has 2 saturated heterocycles. The molecule has 3 aliphatic rings. The van der Waals surface area contributed by atoms with Crippen LogP contribution in [0.4, 0.5) is 5.82 Å². The van der Waals surface area contributed by atoms with Crippen LogP contribution in [0.5, 0.6) is 5.75 Å². The Morgan fingerprint density at radius 3 is 2.96 bits per heavy atom. The fourth-order valence-electron chi connectivity index (χ4n) is 4.26. The highest BCUT2D eigenvalue weighted by molar-refractivity contribution is 5.83. The highest BCUT2D eigenvalue weighted by Crippen LogP contribution is 2.59. The summed E-state index contributed by atoms with van der Waals surface area (Å²) in [6, 6.07) is 3.84. The van der Waals surface area contributed by atoms with Gasteiger partial charge >= 0.3 is 0 Å². The van der Waals surface area contributed by atoms with E-state index in [2.05, 4.69) is 4.98 Å². The number of carbonyl (C=O) groups excluding carboxylic acids is 1. The SMILES string of the molecule is CN(C)c1ncccc1O[C@H]1CCN(C(=O)[C@H]2CC23CCOCC3)C1. The summed E-state index contributed by atoms with van der Waals surface area (Å²) in [5.41, 5.74) is 0.246. The molecule has 1 spiro atoms. The molecule has 4 rings (SSSR count). The third-order valence-corrected chi connectivity index (χ3v) is 5.90. The van der Waals surface area contributed by atoms with Crippen molar-refractivity contribution in [1.29, 1.82) is 0 Å². The van der Waals surface area contributed by atoms with E-state index < -0.39 is 0 Å². The van der Waals surface area contributed by atoms with Crippen LogP contribution in [0.15, 0.2) is 18.3 Å². The number of nitrogens with zero attached hydrogens (tertiary/aromatic N) is 3. The van der Waals surface area contributed by atoms with Gasteiger partial charge in [0.25, 0.3) is 0 Å². The topological polar surface area (TPSA) is 54.9 Å². The lowest BCUT2D eigenvalue weighted by Crippen LogP contribution is -2.34. The summed E-state index contributed by atoms with van der Waals surface area (Å²) in [4.78, 5) is 21.2. The first kappa shape index (κ1) is 16.6. The van der Waals surface area contributed by atoms with E-state index in [9.17, 15) is 4.79 Å². The molecule has 6 nitrogen and oxygen atoms in total. The minimum Gasteiger partial charge on any atom is -0.485 e. The third-order valence-electron chi connectivity index (χ3n) is 5.90. The van der Waals surface area contributed by atoms with Gasteiger partial charge in [-0.2, -0.15) is 0 Å². The Labute approximate surface area is 149 Å². The second-order valence-corrected chi connectivity index (χ2v) is 7.76. The average molecular weight is 345 g/mol. The van der Waals surface area contributed by atoms with Crippen molar-refractivity contribution in [2.75, 3.05) is 45.3 Å². The zero-order chi connectivity index (χ0) is 17.4. The van der Waals surface area contributed by atoms with Crippen LogP contribution in [0, 0.1) is 11.3 Å². The van der Waals surface area contributed by atoms with Gasteiger partial charge in [0.05, 0.1) is 6.54 Å². The monoisotopic (exact) mass is 345 g/mol. The van der Waals surface area contributed by atoms with Crippen LogP contribution in [0.3, 0.4) is 0 Å². The molecular formula is C19H27N3O3. The summed E-state index contributed by atoms with van der Waals surface area (Å²) in [5.74, 6) is 2.16. The quantitative estimate of drug-likeness (QED) is 0.835. The Morgan fingerprint density at radius 2 is 2.20 bits per heavy atom. The van der Waals surface area contributed by atoms with Crippen LogP contribution >= 0.6 is 0 Å². The van der Waals surface area contributed by atoms with Crippen LogP contribution in [-0.4, -0.2) is 62.3 Å². The molecular weight excluding hydrogens is 318 g/mol. The standard InChI is InChI=1S/C19H27N3O3/c1-21(2)17-16(4-3-8-20-17)25-14-5-9-22(13-14)18(23)15-12-19(15)6-10-24-11-7-19/h3-4,8,14-15H,5-7,9-13H2,1-2H3/t14-,15+/m0/s1. The number of likely N-dealkylation sites (tertiary alicyclic amines) is 1. The third kappa shape index (κ3) is 3.19. The zero-order valence-corrected chi connectivity index (χ0v) is 15.1. The first-order valence-corrected chi connectivity index (χ1v) is 9.25. The highest BCUT2D eigenvalue weighted by atomic mass is 16.5. The maximum Gasteiger partial charge on any atom is 0.226 e. The first-order chi connectivity index (χ1) is 12.1. The number of anilines is 1. The lowest BCUT2D eigenvalue weighted by Gasteiger charge is -2.24. The number of rotatable bonds is 4. The van der Waals surface area contributed by atoms with E-state index in [1.54, 1.807) is 6.20 Å². The van der Waals surface area contributed by atoms with E-state index in [4.69, 9.17) is 9.47 Å². The average Bonchev–Trinajstić information content (AvgIpc) is 3.09. The predicted octanol–water partition coefficient (Wildman–Crippen LogP) is 1.94. The molecule has 3 fully saturated rings. The molecule has 0 N–H and O–H groups in total. The molecule has 1 aromatic rings. The van der Waals surface area contributed by atoms with Crippen molar-refractivity contribution in [3.05, 3.63) is 18.3 Å². The van der Waals surface area contributed by atoms with Crippen molar-refractivity contribution in [3.63, 3.8) is 0 Å². The second-order valence-electron chi connectivity index (χ2n) is 7.76. The first-order valence-electron chi connectivity index (χ1n) is 9.25. The fourth-order valence-corrected chi connectivity index (χ4v) is 4.26. The molecule has 0 bridgehead atoms. The van der Waals surface area contributed by atoms with Crippen molar-refractivity contribution >= 4 is 11.7 Å². The molecule has 6 heteroatoms. The van der Waals surface area contributed by atoms with Gasteiger partial charge in [0.2, 0.25) is 5.91 Å². The molecule has 0 radical (unpaired) electrons. The smallest absolute Gasteiger partial charge is 0.226 e. The summed E-state index contributed by atoms with van der Waals surface area (Å²) >= 11 is 0. The maximum absolute atomic E-state index is 12.9. The molecule has 1 aliphatic carbocycles. The van der Waals surface area contributed by atoms with Gasteiger partial charge < -0.3 is 19.3 Å². The number of aromatic nitrogens is 1. The van der Waals surface area contributed by atoms with Gasteiger partial charge in [0, 0.05) is 52.4 Å². The largest absolute Gasteiger partial charge is 0.485 e. The van der Waals surface area contributed by atoms with Gasteiger partial charge in [-0.25, -0.2) is 4.98 Å². The predicted molar refractivity (Wildman–Crippen MR) is 94.8 cm³/mol. The summed E-state index contributed by atoms with van der Waals surface area (Å²) < 4.78 is 11.6. The number of hydrogen-bond acceptors (Lipinski definition) is 5. The summed E-state index contributed by atoms with van der Waals surface area (Å²) in [5, 5.41) is 0. The number of ether oxygens (including phenoxy) is 2. The normalized spacial score (nSPS) is 27.4. The van der Waals surface area contributed by atoms with Crippen molar-refractivity contribution in [1.82, 2.24) is 9.88 Å². The Hall–Kier alpha value is -1.82. The Kier molecular flexibility index (Phi) is 4.31. The van der Waals surface area contributed by atoms with Crippen molar-refractivity contribution in [3.8, 4) is 5.75 Å². The second kappa shape index (κ2) is 6.48. The minimum absolute atomic E-state index is 0.0521. The molecule has 1 amide bonds. The number of carbonyl (C=O) groups is 1.